The zero-order chi connectivity index (χ0) is 13.8. The number of phenolic OH excluding ortho intramolecular Hbond substituents is 1. The Bertz CT molecular complexity index is 567. The van der Waals surface area contributed by atoms with Crippen molar-refractivity contribution in [3.05, 3.63) is 58.1 Å². The average molecular weight is 323 g/mol. The highest BCUT2D eigenvalue weighted by Gasteiger charge is 2.10. The lowest BCUT2D eigenvalue weighted by Gasteiger charge is -2.14. The highest BCUT2D eigenvalue weighted by atomic mass is 79.9. The summed E-state index contributed by atoms with van der Waals surface area (Å²) in [5, 5.41) is 19.1. The number of rotatable bonds is 4. The van der Waals surface area contributed by atoms with Crippen LogP contribution in [-0.2, 0) is 6.61 Å². The number of ether oxygens (including phenoxy) is 1. The zero-order valence-electron chi connectivity index (χ0n) is 10.5. The summed E-state index contributed by atoms with van der Waals surface area (Å²) in [7, 11) is 0. The molecular formula is C15H15BrO3. The van der Waals surface area contributed by atoms with Gasteiger partial charge >= 0.3 is 0 Å². The lowest BCUT2D eigenvalue weighted by Crippen LogP contribution is -2.01. The van der Waals surface area contributed by atoms with E-state index in [4.69, 9.17) is 4.74 Å². The fourth-order valence-corrected chi connectivity index (χ4v) is 2.13. The number of aliphatic hydroxyl groups is 1. The molecule has 0 radical (unpaired) electrons. The topological polar surface area (TPSA) is 49.7 Å². The molecule has 0 amide bonds. The van der Waals surface area contributed by atoms with Gasteiger partial charge in [0.1, 0.15) is 18.1 Å². The fraction of sp³-hybridized carbons (Fsp3) is 0.200. The molecule has 2 N–H and O–H groups in total. The quantitative estimate of drug-likeness (QED) is 0.900. The average Bonchev–Trinajstić information content (AvgIpc) is 2.36. The molecule has 0 unspecified atom stereocenters. The fourth-order valence-electron chi connectivity index (χ4n) is 1.79. The lowest BCUT2D eigenvalue weighted by molar-refractivity contribution is 0.190. The van der Waals surface area contributed by atoms with Crippen LogP contribution in [0.4, 0.5) is 0 Å². The van der Waals surface area contributed by atoms with E-state index in [0.29, 0.717) is 12.4 Å². The second-order valence-corrected chi connectivity index (χ2v) is 5.23. The summed E-state index contributed by atoms with van der Waals surface area (Å²) < 4.78 is 6.61. The van der Waals surface area contributed by atoms with Crippen LogP contribution < -0.4 is 4.74 Å². The highest BCUT2D eigenvalue weighted by molar-refractivity contribution is 9.10. The van der Waals surface area contributed by atoms with Crippen molar-refractivity contribution in [1.82, 2.24) is 0 Å². The van der Waals surface area contributed by atoms with E-state index in [-0.39, 0.29) is 5.75 Å². The van der Waals surface area contributed by atoms with E-state index in [1.54, 1.807) is 25.1 Å². The molecular weight excluding hydrogens is 308 g/mol. The van der Waals surface area contributed by atoms with Crippen molar-refractivity contribution in [2.75, 3.05) is 0 Å². The first-order chi connectivity index (χ1) is 9.06. The Morgan fingerprint density at radius 1 is 1.21 bits per heavy atom. The Kier molecular flexibility index (Phi) is 4.45. The molecule has 1 atom stereocenters. The largest absolute Gasteiger partial charge is 0.508 e. The van der Waals surface area contributed by atoms with Gasteiger partial charge < -0.3 is 14.9 Å². The number of aromatic hydroxyl groups is 1. The summed E-state index contributed by atoms with van der Waals surface area (Å²) in [5.41, 5.74) is 1.61. The van der Waals surface area contributed by atoms with Crippen LogP contribution in [0.25, 0.3) is 0 Å². The van der Waals surface area contributed by atoms with Gasteiger partial charge in [0.25, 0.3) is 0 Å². The second kappa shape index (κ2) is 6.08. The summed E-state index contributed by atoms with van der Waals surface area (Å²) >= 11 is 3.38. The molecule has 0 aliphatic rings. The Morgan fingerprint density at radius 3 is 2.68 bits per heavy atom. The van der Waals surface area contributed by atoms with Crippen molar-refractivity contribution in [2.45, 2.75) is 19.6 Å². The third-order valence-corrected chi connectivity index (χ3v) is 3.22. The van der Waals surface area contributed by atoms with Crippen LogP contribution in [0, 0.1) is 0 Å². The van der Waals surface area contributed by atoms with Gasteiger partial charge in [-0.25, -0.2) is 0 Å². The van der Waals surface area contributed by atoms with E-state index in [1.165, 1.54) is 0 Å². The Balaban J connectivity index is 2.17. The van der Waals surface area contributed by atoms with Gasteiger partial charge in [-0.05, 0) is 36.8 Å². The van der Waals surface area contributed by atoms with Crippen molar-refractivity contribution in [2.24, 2.45) is 0 Å². The van der Waals surface area contributed by atoms with Crippen LogP contribution in [0.2, 0.25) is 0 Å². The predicted octanol–water partition coefficient (Wildman–Crippen LogP) is 3.79. The van der Waals surface area contributed by atoms with E-state index in [0.717, 1.165) is 15.6 Å². The third-order valence-electron chi connectivity index (χ3n) is 2.73. The number of hydrogen-bond donors (Lipinski definition) is 2. The number of halogens is 1. The van der Waals surface area contributed by atoms with E-state index in [1.807, 2.05) is 24.3 Å². The number of hydrogen-bond acceptors (Lipinski definition) is 3. The maximum absolute atomic E-state index is 9.70. The van der Waals surface area contributed by atoms with Crippen LogP contribution in [0.5, 0.6) is 11.5 Å². The summed E-state index contributed by atoms with van der Waals surface area (Å²) in [6.07, 6.45) is -0.590. The van der Waals surface area contributed by atoms with Crippen LogP contribution in [-0.4, -0.2) is 10.2 Å². The molecule has 2 aromatic carbocycles. The van der Waals surface area contributed by atoms with Crippen molar-refractivity contribution >= 4 is 15.9 Å². The first-order valence-electron chi connectivity index (χ1n) is 5.94. The van der Waals surface area contributed by atoms with Crippen molar-refractivity contribution in [3.8, 4) is 11.5 Å². The Hall–Kier alpha value is -1.52. The summed E-state index contributed by atoms with van der Waals surface area (Å²) in [6.45, 7) is 2.04. The molecule has 2 rings (SSSR count). The molecule has 0 saturated carbocycles. The van der Waals surface area contributed by atoms with Gasteiger partial charge in [0.05, 0.1) is 6.10 Å². The van der Waals surface area contributed by atoms with Gasteiger partial charge in [-0.3, -0.25) is 0 Å². The van der Waals surface area contributed by atoms with Gasteiger partial charge in [-0.1, -0.05) is 34.1 Å². The highest BCUT2D eigenvalue weighted by Crippen LogP contribution is 2.29. The summed E-state index contributed by atoms with van der Waals surface area (Å²) in [5.74, 6) is 0.846. The van der Waals surface area contributed by atoms with Gasteiger partial charge in [0.2, 0.25) is 0 Å². The predicted molar refractivity (Wildman–Crippen MR) is 77.2 cm³/mol. The molecule has 0 saturated heterocycles. The number of phenols is 1. The minimum Gasteiger partial charge on any atom is -0.508 e. The molecule has 19 heavy (non-hydrogen) atoms. The smallest absolute Gasteiger partial charge is 0.126 e. The molecule has 0 spiro atoms. The van der Waals surface area contributed by atoms with Crippen molar-refractivity contribution in [3.63, 3.8) is 0 Å². The first kappa shape index (κ1) is 13.9. The summed E-state index contributed by atoms with van der Waals surface area (Å²) in [6, 6.07) is 12.4. The number of aliphatic hydroxyl groups excluding tert-OH is 1. The SMILES string of the molecule is C[C@@H](O)c1ccc(Br)cc1OCc1cccc(O)c1. The molecule has 0 bridgehead atoms. The maximum Gasteiger partial charge on any atom is 0.126 e. The molecule has 100 valence electrons. The molecule has 0 aromatic heterocycles. The Morgan fingerprint density at radius 2 is 2.00 bits per heavy atom. The van der Waals surface area contributed by atoms with E-state index in [2.05, 4.69) is 15.9 Å². The molecule has 3 nitrogen and oxygen atoms in total. The van der Waals surface area contributed by atoms with E-state index in [9.17, 15) is 10.2 Å². The van der Waals surface area contributed by atoms with E-state index < -0.39 is 6.10 Å². The van der Waals surface area contributed by atoms with Crippen molar-refractivity contribution < 1.29 is 14.9 Å². The van der Waals surface area contributed by atoms with E-state index >= 15 is 0 Å². The molecule has 2 aromatic rings. The molecule has 4 heteroatoms. The minimum atomic E-state index is -0.590. The lowest BCUT2D eigenvalue weighted by atomic mass is 10.1. The molecule has 0 aliphatic heterocycles. The van der Waals surface area contributed by atoms with Crippen LogP contribution in [0.15, 0.2) is 46.9 Å². The normalized spacial score (nSPS) is 12.2. The minimum absolute atomic E-state index is 0.214. The molecule has 0 aliphatic carbocycles. The molecule has 0 heterocycles. The van der Waals surface area contributed by atoms with Gasteiger partial charge in [0.15, 0.2) is 0 Å². The summed E-state index contributed by atoms with van der Waals surface area (Å²) in [4.78, 5) is 0. The van der Waals surface area contributed by atoms with Crippen LogP contribution >= 0.6 is 15.9 Å². The maximum atomic E-state index is 9.70. The second-order valence-electron chi connectivity index (χ2n) is 4.32. The molecule has 0 fully saturated rings. The third kappa shape index (κ3) is 3.72. The van der Waals surface area contributed by atoms with Gasteiger partial charge in [-0.2, -0.15) is 0 Å². The van der Waals surface area contributed by atoms with Gasteiger partial charge in [0, 0.05) is 10.0 Å². The van der Waals surface area contributed by atoms with Gasteiger partial charge in [-0.15, -0.1) is 0 Å². The number of benzene rings is 2. The Labute approximate surface area is 120 Å². The van der Waals surface area contributed by atoms with Crippen LogP contribution in [0.1, 0.15) is 24.2 Å². The van der Waals surface area contributed by atoms with Crippen LogP contribution in [0.3, 0.4) is 0 Å². The monoisotopic (exact) mass is 322 g/mol. The van der Waals surface area contributed by atoms with Crippen molar-refractivity contribution in [1.29, 1.82) is 0 Å². The zero-order valence-corrected chi connectivity index (χ0v) is 12.1. The first-order valence-corrected chi connectivity index (χ1v) is 6.74. The standard InChI is InChI=1S/C15H15BrO3/c1-10(17)14-6-5-12(16)8-15(14)19-9-11-3-2-4-13(18)7-11/h2-8,10,17-18H,9H2,1H3/t10-/m1/s1.